The first-order chi connectivity index (χ1) is 16.3. The summed E-state index contributed by atoms with van der Waals surface area (Å²) in [7, 11) is 3.46. The Labute approximate surface area is 205 Å². The number of methoxy groups -OCH3 is 1. The van der Waals surface area contributed by atoms with Crippen molar-refractivity contribution in [1.82, 2.24) is 15.1 Å². The molecule has 2 atom stereocenters. The molecule has 1 fully saturated rings. The van der Waals surface area contributed by atoms with E-state index in [4.69, 9.17) is 21.7 Å². The van der Waals surface area contributed by atoms with Crippen LogP contribution < -0.4 is 15.4 Å². The van der Waals surface area contributed by atoms with Crippen LogP contribution in [-0.2, 0) is 12.5 Å². The van der Waals surface area contributed by atoms with Gasteiger partial charge in [0.2, 0.25) is 0 Å². The van der Waals surface area contributed by atoms with Gasteiger partial charge in [-0.15, -0.1) is 0 Å². The fourth-order valence-electron chi connectivity index (χ4n) is 3.14. The molecule has 3 rings (SSSR count). The first kappa shape index (κ1) is 26.4. The number of nitrogens with one attached hydrogen (secondary N) is 3. The summed E-state index contributed by atoms with van der Waals surface area (Å²) < 4.78 is 60.1. The van der Waals surface area contributed by atoms with Gasteiger partial charge in [-0.05, 0) is 30.5 Å². The average Bonchev–Trinajstić information content (AvgIpc) is 3.49. The maximum Gasteiger partial charge on any atom is 0.431 e. The van der Waals surface area contributed by atoms with Gasteiger partial charge in [0, 0.05) is 25.0 Å². The van der Waals surface area contributed by atoms with Crippen LogP contribution in [0.4, 0.5) is 23.4 Å². The van der Waals surface area contributed by atoms with E-state index in [2.05, 4.69) is 15.7 Å². The summed E-state index contributed by atoms with van der Waals surface area (Å²) in [6.07, 6.45) is -2.01. The van der Waals surface area contributed by atoms with Crippen molar-refractivity contribution in [2.75, 3.05) is 12.4 Å². The van der Waals surface area contributed by atoms with Gasteiger partial charge in [0.25, 0.3) is 11.3 Å². The Balaban J connectivity index is 1.94. The summed E-state index contributed by atoms with van der Waals surface area (Å²) in [4.78, 5) is 12.6. The fourth-order valence-corrected chi connectivity index (χ4v) is 3.53. The number of nitriles is 1. The molecule has 0 radical (unpaired) electrons. The number of carbonyl (C=O) groups is 1. The quantitative estimate of drug-likeness (QED) is 0.263. The maximum atomic E-state index is 14.5. The molecule has 0 spiro atoms. The molecule has 2 aromatic rings. The van der Waals surface area contributed by atoms with Crippen molar-refractivity contribution >= 4 is 44.4 Å². The molecule has 2 unspecified atom stereocenters. The van der Waals surface area contributed by atoms with E-state index in [1.54, 1.807) is 0 Å². The third-order valence-corrected chi connectivity index (χ3v) is 6.28. The zero-order chi connectivity index (χ0) is 26.2. The van der Waals surface area contributed by atoms with Crippen molar-refractivity contribution in [3.63, 3.8) is 0 Å². The van der Waals surface area contributed by atoms with Gasteiger partial charge in [0.05, 0.1) is 23.8 Å². The number of ether oxygens (including phenoxy) is 1. The number of allylic oxidation sites excluding steroid dienone is 1. The number of hydrogen-bond acceptors (Lipinski definition) is 6. The average molecular weight is 531 g/mol. The van der Waals surface area contributed by atoms with E-state index in [0.29, 0.717) is 18.4 Å². The molecular weight excluding hydrogens is 511 g/mol. The summed E-state index contributed by atoms with van der Waals surface area (Å²) in [6, 6.07) is 6.42. The lowest BCUT2D eigenvalue weighted by atomic mass is 10.0. The van der Waals surface area contributed by atoms with Crippen molar-refractivity contribution in [3.8, 4) is 11.8 Å². The van der Waals surface area contributed by atoms with E-state index < -0.39 is 34.5 Å². The number of rotatable bonds is 8. The van der Waals surface area contributed by atoms with Gasteiger partial charge in [-0.3, -0.25) is 4.79 Å². The monoisotopic (exact) mass is 530 g/mol. The zero-order valence-corrected chi connectivity index (χ0v) is 20.3. The molecular formula is C21H20ClF4N6O2P. The molecule has 1 heterocycles. The summed E-state index contributed by atoms with van der Waals surface area (Å²) >= 11 is 6.15. The molecule has 0 saturated heterocycles. The van der Waals surface area contributed by atoms with Gasteiger partial charge in [-0.2, -0.15) is 23.5 Å². The summed E-state index contributed by atoms with van der Waals surface area (Å²) in [5.74, 6) is -1.14. The highest BCUT2D eigenvalue weighted by Crippen LogP contribution is 2.51. The van der Waals surface area contributed by atoms with Crippen LogP contribution in [0.3, 0.4) is 0 Å². The van der Waals surface area contributed by atoms with Crippen molar-refractivity contribution in [2.24, 2.45) is 7.05 Å². The number of aromatic nitrogens is 2. The van der Waals surface area contributed by atoms with E-state index >= 15 is 0 Å². The predicted octanol–water partition coefficient (Wildman–Crippen LogP) is 4.53. The molecule has 1 aliphatic rings. The second kappa shape index (κ2) is 9.47. The van der Waals surface area contributed by atoms with E-state index in [-0.39, 0.29) is 22.0 Å². The number of nitrogens with zero attached hydrogens (tertiary/aromatic N) is 3. The molecule has 8 nitrogen and oxygen atoms in total. The van der Waals surface area contributed by atoms with Crippen LogP contribution in [0.1, 0.15) is 34.5 Å². The van der Waals surface area contributed by atoms with E-state index in [0.717, 1.165) is 27.2 Å². The van der Waals surface area contributed by atoms with Crippen LogP contribution in [0.2, 0.25) is 5.02 Å². The number of alkyl halides is 4. The smallest absolute Gasteiger partial charge is 0.431 e. The molecule has 0 bridgehead atoms. The molecule has 0 aliphatic heterocycles. The number of carbonyl (C=O) groups excluding carboxylic acids is 1. The van der Waals surface area contributed by atoms with Gasteiger partial charge in [0.15, 0.2) is 17.3 Å². The van der Waals surface area contributed by atoms with Crippen LogP contribution in [0.25, 0.3) is 5.57 Å². The first-order valence-electron chi connectivity index (χ1n) is 9.97. The van der Waals surface area contributed by atoms with Gasteiger partial charge in [-0.1, -0.05) is 26.9 Å². The van der Waals surface area contributed by atoms with Crippen molar-refractivity contribution in [3.05, 3.63) is 46.2 Å². The normalized spacial score (nSPS) is 16.6. The first-order valence-corrected chi connectivity index (χ1v) is 10.9. The molecule has 3 N–H and O–H groups in total. The summed E-state index contributed by atoms with van der Waals surface area (Å²) in [5, 5.41) is 22.2. The number of aryl methyl sites for hydroxylation is 1. The number of halogens is 5. The highest BCUT2D eigenvalue weighted by atomic mass is 35.5. The van der Waals surface area contributed by atoms with Gasteiger partial charge < -0.3 is 20.8 Å². The van der Waals surface area contributed by atoms with Crippen LogP contribution in [0, 0.1) is 16.7 Å². The second-order valence-electron chi connectivity index (χ2n) is 7.79. The highest BCUT2D eigenvalue weighted by Gasteiger charge is 2.57. The largest absolute Gasteiger partial charge is 0.491 e. The van der Waals surface area contributed by atoms with Gasteiger partial charge in [0.1, 0.15) is 5.54 Å². The van der Waals surface area contributed by atoms with Gasteiger partial charge >= 0.3 is 6.18 Å². The molecule has 1 amide bonds. The van der Waals surface area contributed by atoms with Crippen LogP contribution in [0.15, 0.2) is 24.4 Å². The lowest BCUT2D eigenvalue weighted by Gasteiger charge is -2.22. The zero-order valence-electron chi connectivity index (χ0n) is 18.4. The third kappa shape index (κ3) is 5.11. The number of anilines is 1. The molecule has 35 heavy (non-hydrogen) atoms. The second-order valence-corrected chi connectivity index (χ2v) is 9.00. The molecule has 1 aliphatic carbocycles. The minimum Gasteiger partial charge on any atom is -0.491 e. The Hall–Kier alpha value is -3.16. The summed E-state index contributed by atoms with van der Waals surface area (Å²) in [6.45, 7) is 0. The SMILES string of the molecule is COc1c(C(F)(P)C(F)(F)F)nn(C)c1N/C=C(\C=N)c1ccc(Cl)c(C(=O)NC2(C#N)CC2)c1. The number of hydrogen-bond donors (Lipinski definition) is 3. The van der Waals surface area contributed by atoms with E-state index in [1.807, 2.05) is 6.07 Å². The Morgan fingerprint density at radius 1 is 1.40 bits per heavy atom. The Morgan fingerprint density at radius 3 is 2.57 bits per heavy atom. The number of amides is 1. The van der Waals surface area contributed by atoms with Crippen molar-refractivity contribution in [1.29, 1.82) is 10.7 Å². The Bertz CT molecular complexity index is 1250. The van der Waals surface area contributed by atoms with Gasteiger partial charge in [-0.25, -0.2) is 9.07 Å². The summed E-state index contributed by atoms with van der Waals surface area (Å²) in [5.41, 5.74) is -1.26. The van der Waals surface area contributed by atoms with Crippen LogP contribution in [-0.4, -0.2) is 40.7 Å². The lowest BCUT2D eigenvalue weighted by molar-refractivity contribution is -0.200. The van der Waals surface area contributed by atoms with E-state index in [1.165, 1.54) is 31.4 Å². The molecule has 1 aromatic heterocycles. The van der Waals surface area contributed by atoms with Crippen LogP contribution in [0.5, 0.6) is 5.75 Å². The molecule has 14 heteroatoms. The molecule has 1 saturated carbocycles. The predicted molar refractivity (Wildman–Crippen MR) is 125 cm³/mol. The van der Waals surface area contributed by atoms with Crippen molar-refractivity contribution < 1.29 is 27.1 Å². The minimum absolute atomic E-state index is 0.0780. The standard InChI is InChI=1S/C21H20ClF4N6O2P/c1-32-17(15(34-2)16(31-32)20(23,35)21(24,25)26)29-9-12(8-27)11-3-4-14(22)13(7-11)18(33)30-19(10-28)5-6-19/h3-4,7-9,27,29H,5-6,35H2,1-2H3,(H,30,33)/b12-9+,27-8?. The van der Waals surface area contributed by atoms with E-state index in [9.17, 15) is 27.6 Å². The number of benzene rings is 1. The third-order valence-electron chi connectivity index (χ3n) is 5.35. The topological polar surface area (TPSA) is 116 Å². The Kier molecular flexibility index (Phi) is 7.16. The maximum absolute atomic E-state index is 14.5. The lowest BCUT2D eigenvalue weighted by Crippen LogP contribution is -2.35. The van der Waals surface area contributed by atoms with Crippen molar-refractivity contribution in [2.45, 2.75) is 30.0 Å². The highest BCUT2D eigenvalue weighted by molar-refractivity contribution is 7.18. The minimum atomic E-state index is -5.27. The van der Waals surface area contributed by atoms with Crippen LogP contribution >= 0.6 is 20.8 Å². The molecule has 186 valence electrons. The Morgan fingerprint density at radius 2 is 2.06 bits per heavy atom. The fraction of sp³-hybridized carbons (Fsp3) is 0.333. The molecule has 1 aromatic carbocycles.